The van der Waals surface area contributed by atoms with Crippen molar-refractivity contribution in [3.63, 3.8) is 0 Å². The molecule has 0 N–H and O–H groups in total. The second-order valence-corrected chi connectivity index (χ2v) is 5.42. The average Bonchev–Trinajstić information content (AvgIpc) is 3.24. The van der Waals surface area contributed by atoms with Crippen LogP contribution in [0.25, 0.3) is 5.69 Å². The van der Waals surface area contributed by atoms with Crippen molar-refractivity contribution in [2.24, 2.45) is 0 Å². The van der Waals surface area contributed by atoms with Gasteiger partial charge in [-0.25, -0.2) is 9.48 Å². The summed E-state index contributed by atoms with van der Waals surface area (Å²) in [5.41, 5.74) is 1.01. The van der Waals surface area contributed by atoms with Gasteiger partial charge in [0.05, 0.1) is 23.2 Å². The second-order valence-electron chi connectivity index (χ2n) is 4.47. The lowest BCUT2D eigenvalue weighted by Gasteiger charge is -1.99. The molecule has 0 aliphatic rings. The Bertz CT molecular complexity index is 807. The Morgan fingerprint density at radius 2 is 1.91 bits per heavy atom. The lowest BCUT2D eigenvalue weighted by molar-refractivity contribution is 0.0590. The fraction of sp³-hybridized carbons (Fsp3) is 0.0625. The molecule has 3 aromatic rings. The number of esters is 1. The second kappa shape index (κ2) is 5.95. The van der Waals surface area contributed by atoms with E-state index in [0.717, 1.165) is 5.69 Å². The maximum absolute atomic E-state index is 12.5. The lowest BCUT2D eigenvalue weighted by atomic mass is 10.1. The van der Waals surface area contributed by atoms with Crippen LogP contribution in [-0.2, 0) is 4.74 Å². The average molecular weight is 312 g/mol. The van der Waals surface area contributed by atoms with E-state index in [-0.39, 0.29) is 17.0 Å². The molecule has 5 nitrogen and oxygen atoms in total. The zero-order chi connectivity index (χ0) is 15.5. The van der Waals surface area contributed by atoms with E-state index in [4.69, 9.17) is 4.74 Å². The Kier molecular flexibility index (Phi) is 3.84. The molecule has 2 aromatic heterocycles. The van der Waals surface area contributed by atoms with Crippen LogP contribution in [0.2, 0.25) is 0 Å². The molecule has 0 radical (unpaired) electrons. The van der Waals surface area contributed by atoms with E-state index in [9.17, 15) is 9.59 Å². The molecular weight excluding hydrogens is 300 g/mol. The number of rotatable bonds is 4. The number of methoxy groups -OCH3 is 1. The van der Waals surface area contributed by atoms with Gasteiger partial charge in [-0.1, -0.05) is 24.3 Å². The summed E-state index contributed by atoms with van der Waals surface area (Å²) < 4.78 is 6.24. The first-order valence-corrected chi connectivity index (χ1v) is 7.40. The van der Waals surface area contributed by atoms with Crippen LogP contribution in [0.4, 0.5) is 0 Å². The minimum Gasteiger partial charge on any atom is -0.464 e. The van der Waals surface area contributed by atoms with Gasteiger partial charge in [0.25, 0.3) is 0 Å². The van der Waals surface area contributed by atoms with Gasteiger partial charge >= 0.3 is 5.97 Å². The topological polar surface area (TPSA) is 61.2 Å². The highest BCUT2D eigenvalue weighted by atomic mass is 32.1. The summed E-state index contributed by atoms with van der Waals surface area (Å²) in [7, 11) is 1.27. The van der Waals surface area contributed by atoms with Gasteiger partial charge in [0.2, 0.25) is 5.78 Å². The summed E-state index contributed by atoms with van der Waals surface area (Å²) in [6.07, 6.45) is 1.56. The molecular formula is C16H12N2O3S. The number of hydrogen-bond acceptors (Lipinski definition) is 5. The first-order chi connectivity index (χ1) is 10.7. The van der Waals surface area contributed by atoms with E-state index in [2.05, 4.69) is 5.10 Å². The highest BCUT2D eigenvalue weighted by Gasteiger charge is 2.24. The third-order valence-corrected chi connectivity index (χ3v) is 3.97. The Morgan fingerprint density at radius 1 is 1.14 bits per heavy atom. The van der Waals surface area contributed by atoms with E-state index < -0.39 is 5.97 Å². The van der Waals surface area contributed by atoms with Gasteiger partial charge in [0, 0.05) is 6.20 Å². The number of aromatic nitrogens is 2. The molecule has 0 spiro atoms. The van der Waals surface area contributed by atoms with Gasteiger partial charge in [-0.3, -0.25) is 4.79 Å². The summed E-state index contributed by atoms with van der Waals surface area (Å²) in [4.78, 5) is 25.0. The molecule has 0 fully saturated rings. The summed E-state index contributed by atoms with van der Waals surface area (Å²) in [6, 6.07) is 12.8. The number of ketones is 1. The molecule has 0 aliphatic carbocycles. The van der Waals surface area contributed by atoms with Crippen molar-refractivity contribution in [3.05, 3.63) is 70.2 Å². The molecule has 1 aromatic carbocycles. The van der Waals surface area contributed by atoms with Crippen molar-refractivity contribution < 1.29 is 14.3 Å². The van der Waals surface area contributed by atoms with Crippen LogP contribution < -0.4 is 0 Å². The molecule has 2 heterocycles. The zero-order valence-corrected chi connectivity index (χ0v) is 12.5. The molecule has 6 heteroatoms. The van der Waals surface area contributed by atoms with Crippen molar-refractivity contribution >= 4 is 23.1 Å². The SMILES string of the molecule is COC(=O)c1nn(-c2ccccc2)cc1C(=O)c1cccs1. The van der Waals surface area contributed by atoms with Crippen molar-refractivity contribution in [1.82, 2.24) is 9.78 Å². The molecule has 0 saturated heterocycles. The van der Waals surface area contributed by atoms with Crippen molar-refractivity contribution in [2.45, 2.75) is 0 Å². The smallest absolute Gasteiger partial charge is 0.359 e. The summed E-state index contributed by atoms with van der Waals surface area (Å²) in [5.74, 6) is -0.868. The summed E-state index contributed by atoms with van der Waals surface area (Å²) in [6.45, 7) is 0. The molecule has 0 bridgehead atoms. The molecule has 0 unspecified atom stereocenters. The largest absolute Gasteiger partial charge is 0.464 e. The van der Waals surface area contributed by atoms with E-state index in [0.29, 0.717) is 4.88 Å². The normalized spacial score (nSPS) is 10.4. The van der Waals surface area contributed by atoms with Gasteiger partial charge in [-0.2, -0.15) is 5.10 Å². The van der Waals surface area contributed by atoms with Crippen LogP contribution in [0.15, 0.2) is 54.0 Å². The third-order valence-electron chi connectivity index (χ3n) is 3.10. The number of para-hydroxylation sites is 1. The Hall–Kier alpha value is -2.73. The van der Waals surface area contributed by atoms with Gasteiger partial charge < -0.3 is 4.74 Å². The minimum absolute atomic E-state index is 0.0183. The van der Waals surface area contributed by atoms with Crippen LogP contribution in [0, 0.1) is 0 Å². The van der Waals surface area contributed by atoms with Crippen LogP contribution in [0.5, 0.6) is 0 Å². The van der Waals surface area contributed by atoms with Crippen LogP contribution in [0.1, 0.15) is 25.7 Å². The molecule has 110 valence electrons. The predicted octanol–water partition coefficient (Wildman–Crippen LogP) is 2.95. The third kappa shape index (κ3) is 2.56. The predicted molar refractivity (Wildman–Crippen MR) is 82.7 cm³/mol. The van der Waals surface area contributed by atoms with Crippen LogP contribution >= 0.6 is 11.3 Å². The van der Waals surface area contributed by atoms with Gasteiger partial charge in [-0.05, 0) is 23.6 Å². The zero-order valence-electron chi connectivity index (χ0n) is 11.7. The number of benzene rings is 1. The Morgan fingerprint density at radius 3 is 2.55 bits per heavy atom. The van der Waals surface area contributed by atoms with Crippen molar-refractivity contribution in [3.8, 4) is 5.69 Å². The molecule has 3 rings (SSSR count). The lowest BCUT2D eigenvalue weighted by Crippen LogP contribution is -2.09. The first kappa shape index (κ1) is 14.2. The highest BCUT2D eigenvalue weighted by molar-refractivity contribution is 7.12. The standard InChI is InChI=1S/C16H12N2O3S/c1-21-16(20)14-12(15(19)13-8-5-9-22-13)10-18(17-14)11-6-3-2-4-7-11/h2-10H,1H3. The molecule has 0 atom stereocenters. The number of carbonyl (C=O) groups is 2. The quantitative estimate of drug-likeness (QED) is 0.549. The number of nitrogens with zero attached hydrogens (tertiary/aromatic N) is 2. The first-order valence-electron chi connectivity index (χ1n) is 6.52. The van der Waals surface area contributed by atoms with Gasteiger partial charge in [0.15, 0.2) is 5.69 Å². The van der Waals surface area contributed by atoms with E-state index in [1.807, 2.05) is 35.7 Å². The Balaban J connectivity index is 2.10. The van der Waals surface area contributed by atoms with Gasteiger partial charge in [0.1, 0.15) is 0 Å². The van der Waals surface area contributed by atoms with Crippen LogP contribution in [0.3, 0.4) is 0 Å². The van der Waals surface area contributed by atoms with Crippen molar-refractivity contribution in [1.29, 1.82) is 0 Å². The van der Waals surface area contributed by atoms with Gasteiger partial charge in [-0.15, -0.1) is 11.3 Å². The van der Waals surface area contributed by atoms with Crippen LogP contribution in [-0.4, -0.2) is 28.6 Å². The number of carbonyl (C=O) groups excluding carboxylic acids is 2. The monoisotopic (exact) mass is 312 g/mol. The summed E-state index contributed by atoms with van der Waals surface area (Å²) >= 11 is 1.32. The van der Waals surface area contributed by atoms with E-state index >= 15 is 0 Å². The molecule has 22 heavy (non-hydrogen) atoms. The highest BCUT2D eigenvalue weighted by Crippen LogP contribution is 2.20. The summed E-state index contributed by atoms with van der Waals surface area (Å²) in [5, 5.41) is 6.02. The van der Waals surface area contributed by atoms with E-state index in [1.165, 1.54) is 23.1 Å². The fourth-order valence-electron chi connectivity index (χ4n) is 2.04. The number of thiophene rings is 1. The Labute approximate surface area is 130 Å². The van der Waals surface area contributed by atoms with Crippen molar-refractivity contribution in [2.75, 3.05) is 7.11 Å². The molecule has 0 amide bonds. The maximum Gasteiger partial charge on any atom is 0.359 e. The molecule has 0 saturated carbocycles. The minimum atomic E-state index is -0.630. The van der Waals surface area contributed by atoms with E-state index in [1.54, 1.807) is 18.3 Å². The molecule has 0 aliphatic heterocycles. The number of ether oxygens (including phenoxy) is 1. The maximum atomic E-state index is 12.5. The number of hydrogen-bond donors (Lipinski definition) is 0. The fourth-order valence-corrected chi connectivity index (χ4v) is 2.72.